The number of thiophene rings is 1. The molecule has 0 aliphatic heterocycles. The van der Waals surface area contributed by atoms with Gasteiger partial charge in [0.1, 0.15) is 47.0 Å². The number of carbonyl (C=O) groups is 9. The van der Waals surface area contributed by atoms with Crippen molar-refractivity contribution in [1.82, 2.24) is 31.9 Å². The Bertz CT molecular complexity index is 2290. The number of benzene rings is 1. The highest BCUT2D eigenvalue weighted by Gasteiger charge is 2.39. The Morgan fingerprint density at radius 1 is 0.545 bits per heavy atom. The van der Waals surface area contributed by atoms with Crippen LogP contribution in [0.1, 0.15) is 152 Å². The second-order valence-corrected chi connectivity index (χ2v) is 24.4. The number of carbonyl (C=O) groups excluding carboxylic acids is 9. The summed E-state index contributed by atoms with van der Waals surface area (Å²) in [5.41, 5.74) is -1.31. The van der Waals surface area contributed by atoms with Gasteiger partial charge in [-0.3, -0.25) is 43.2 Å². The van der Waals surface area contributed by atoms with Crippen molar-refractivity contribution in [2.24, 2.45) is 11.3 Å². The first-order valence-electron chi connectivity index (χ1n) is 26.1. The van der Waals surface area contributed by atoms with E-state index < -0.39 is 137 Å². The molecule has 6 N–H and O–H groups in total. The summed E-state index contributed by atoms with van der Waals surface area (Å²) >= 11 is 1.50. The smallest absolute Gasteiger partial charge is 0.308 e. The third-order valence-electron chi connectivity index (χ3n) is 11.3. The quantitative estimate of drug-likeness (QED) is 0.0352. The van der Waals surface area contributed by atoms with Gasteiger partial charge in [0.25, 0.3) is 0 Å². The molecule has 0 saturated carbocycles. The van der Waals surface area contributed by atoms with E-state index in [1.54, 1.807) is 101 Å². The van der Waals surface area contributed by atoms with Crippen LogP contribution in [0.25, 0.3) is 0 Å². The molecule has 6 atom stereocenters. The van der Waals surface area contributed by atoms with Gasteiger partial charge in [0.15, 0.2) is 6.29 Å². The van der Waals surface area contributed by atoms with Crippen LogP contribution >= 0.6 is 11.3 Å². The number of nitrogens with one attached hydrogen (secondary N) is 6. The Hall–Kier alpha value is -5.93. The monoisotopic (exact) mass is 1100 g/mol. The highest BCUT2D eigenvalue weighted by atomic mass is 32.1. The van der Waals surface area contributed by atoms with Crippen molar-refractivity contribution >= 4 is 64.7 Å². The van der Waals surface area contributed by atoms with Gasteiger partial charge >= 0.3 is 17.9 Å². The van der Waals surface area contributed by atoms with Gasteiger partial charge in [-0.25, -0.2) is 0 Å². The van der Waals surface area contributed by atoms with E-state index in [9.17, 15) is 43.2 Å². The number of methoxy groups -OCH3 is 2. The summed E-state index contributed by atoms with van der Waals surface area (Å²) in [6.45, 7) is 25.6. The molecular weight excluding hydrogens is 1010 g/mol. The van der Waals surface area contributed by atoms with Gasteiger partial charge in [-0.1, -0.05) is 58.9 Å². The molecule has 432 valence electrons. The molecular formula is C56H88N6O14S. The van der Waals surface area contributed by atoms with Crippen LogP contribution in [-0.4, -0.2) is 127 Å². The van der Waals surface area contributed by atoms with E-state index in [0.717, 1.165) is 11.1 Å². The topological polar surface area (TPSA) is 272 Å². The first-order valence-corrected chi connectivity index (χ1v) is 27.0. The normalized spacial score (nSPS) is 14.4. The molecule has 77 heavy (non-hydrogen) atoms. The largest absolute Gasteiger partial charge is 0.460 e. The number of amides is 6. The highest BCUT2D eigenvalue weighted by molar-refractivity contribution is 7.07. The lowest BCUT2D eigenvalue weighted by Gasteiger charge is -2.34. The van der Waals surface area contributed by atoms with Crippen LogP contribution in [0.4, 0.5) is 0 Å². The van der Waals surface area contributed by atoms with Crippen molar-refractivity contribution in [2.45, 2.75) is 215 Å². The van der Waals surface area contributed by atoms with Crippen LogP contribution in [-0.2, 0) is 79.7 Å². The minimum absolute atomic E-state index is 0.0600. The summed E-state index contributed by atoms with van der Waals surface area (Å²) in [7, 11) is 2.93. The molecule has 0 saturated heterocycles. The Morgan fingerprint density at radius 3 is 1.57 bits per heavy atom. The average Bonchev–Trinajstić information content (AvgIpc) is 3.80. The Balaban J connectivity index is 2.61. The first-order chi connectivity index (χ1) is 35.5. The van der Waals surface area contributed by atoms with E-state index in [-0.39, 0.29) is 31.6 Å². The predicted molar refractivity (Wildman–Crippen MR) is 292 cm³/mol. The lowest BCUT2D eigenvalue weighted by molar-refractivity contribution is -0.158. The van der Waals surface area contributed by atoms with Crippen LogP contribution in [0.2, 0.25) is 0 Å². The summed E-state index contributed by atoms with van der Waals surface area (Å²) in [6.07, 6.45) is -2.52. The molecule has 0 aliphatic carbocycles. The molecule has 1 aromatic carbocycles. The number of ether oxygens (including phenoxy) is 5. The summed E-state index contributed by atoms with van der Waals surface area (Å²) in [4.78, 5) is 125. The molecule has 2 rings (SSSR count). The molecule has 0 spiro atoms. The van der Waals surface area contributed by atoms with Crippen molar-refractivity contribution in [3.05, 3.63) is 57.8 Å². The fraction of sp³-hybridized carbons (Fsp3) is 0.661. The Morgan fingerprint density at radius 2 is 1.05 bits per heavy atom. The van der Waals surface area contributed by atoms with E-state index in [4.69, 9.17) is 23.7 Å². The first kappa shape index (κ1) is 67.2. The van der Waals surface area contributed by atoms with Crippen LogP contribution < -0.4 is 31.9 Å². The lowest BCUT2D eigenvalue weighted by Crippen LogP contribution is -2.62. The van der Waals surface area contributed by atoms with Gasteiger partial charge in [0, 0.05) is 33.5 Å². The minimum atomic E-state index is -1.64. The van der Waals surface area contributed by atoms with E-state index in [2.05, 4.69) is 31.9 Å². The molecule has 6 amide bonds. The maximum Gasteiger partial charge on any atom is 0.308 e. The summed E-state index contributed by atoms with van der Waals surface area (Å²) in [5.74, 6) is -7.02. The van der Waals surface area contributed by atoms with Gasteiger partial charge in [-0.2, -0.15) is 11.3 Å². The van der Waals surface area contributed by atoms with E-state index >= 15 is 0 Å². The van der Waals surface area contributed by atoms with E-state index in [0.29, 0.717) is 12.0 Å². The van der Waals surface area contributed by atoms with Crippen LogP contribution in [0, 0.1) is 18.3 Å². The second-order valence-electron chi connectivity index (χ2n) is 23.7. The zero-order valence-corrected chi connectivity index (χ0v) is 49.3. The molecule has 21 heteroatoms. The number of hydrogen-bond acceptors (Lipinski definition) is 15. The molecule has 1 heterocycles. The van der Waals surface area contributed by atoms with Gasteiger partial charge in [-0.05, 0) is 133 Å². The van der Waals surface area contributed by atoms with Crippen LogP contribution in [0.15, 0.2) is 41.1 Å². The summed E-state index contributed by atoms with van der Waals surface area (Å²) in [6, 6.07) is 1.46. The molecule has 20 nitrogen and oxygen atoms in total. The van der Waals surface area contributed by atoms with Gasteiger partial charge in [0.05, 0.1) is 18.9 Å². The van der Waals surface area contributed by atoms with Gasteiger partial charge in [-0.15, -0.1) is 0 Å². The number of hydrogen-bond donors (Lipinski definition) is 6. The fourth-order valence-electron chi connectivity index (χ4n) is 7.83. The maximum atomic E-state index is 14.8. The summed E-state index contributed by atoms with van der Waals surface area (Å²) < 4.78 is 27.4. The number of aryl methyl sites for hydroxylation is 1. The number of rotatable bonds is 28. The van der Waals surface area contributed by atoms with Crippen molar-refractivity contribution in [3.63, 3.8) is 0 Å². The molecule has 0 fully saturated rings. The predicted octanol–water partition coefficient (Wildman–Crippen LogP) is 5.44. The van der Waals surface area contributed by atoms with Crippen LogP contribution in [0.3, 0.4) is 0 Å². The fourth-order valence-corrected chi connectivity index (χ4v) is 8.51. The number of esters is 3. The molecule has 0 radical (unpaired) electrons. The third-order valence-corrected chi connectivity index (χ3v) is 12.1. The molecule has 1 aromatic heterocycles. The van der Waals surface area contributed by atoms with Crippen molar-refractivity contribution < 1.29 is 66.8 Å². The van der Waals surface area contributed by atoms with E-state index in [1.165, 1.54) is 25.6 Å². The third kappa shape index (κ3) is 26.3. The minimum Gasteiger partial charge on any atom is -0.460 e. The molecule has 1 unspecified atom stereocenters. The summed E-state index contributed by atoms with van der Waals surface area (Å²) in [5, 5.41) is 20.4. The zero-order valence-electron chi connectivity index (χ0n) is 48.4. The van der Waals surface area contributed by atoms with Crippen molar-refractivity contribution in [3.8, 4) is 0 Å². The lowest BCUT2D eigenvalue weighted by atomic mass is 9.85. The molecule has 0 aliphatic rings. The Labute approximate surface area is 459 Å². The SMILES string of the molecule is COC(OC)C(Cc1ccsc1)NC(=O)[C@H](CC(C)C)NC(=O)[C@@H](NC(=O)[C@H](Cc1ccccc1C)NC(=O)[C@H](CCC(=O)OC(C)(C)C)NC(=O)[C@H](CC(=O)OC(C)(C)C)NC(=O)CCC(=O)OC(C)(C)C)C(C)(C)C. The van der Waals surface area contributed by atoms with E-state index in [1.807, 2.05) is 43.7 Å². The molecule has 2 aromatic rings. The maximum absolute atomic E-state index is 14.8. The highest BCUT2D eigenvalue weighted by Crippen LogP contribution is 2.22. The average molecular weight is 1100 g/mol. The standard InChI is InChI=1S/C56H88N6O14S/c1-33(2)28-38(48(68)61-41(52(72-16)73-17)29-35-26-27-77-32-35)60-51(71)46(53(4,5)6)62-50(70)39(30-36-21-19-18-20-34(36)3)59-47(67)37(22-24-43(64)74-54(7,8)9)58-49(69)40(31-45(66)76-56(13,14)15)57-42(63)23-25-44(65)75-55(10,11)12/h18-21,26-27,32-33,37-41,46,52H,22-25,28-31H2,1-17H3,(H,57,63)(H,58,69)(H,59,67)(H,60,71)(H,61,68)(H,62,70)/t37-,38-,39-,40-,41?,46+/m0/s1. The van der Waals surface area contributed by atoms with Crippen molar-refractivity contribution in [1.29, 1.82) is 0 Å². The van der Waals surface area contributed by atoms with Gasteiger partial charge < -0.3 is 55.6 Å². The Kier molecular flexibility index (Phi) is 26.4. The van der Waals surface area contributed by atoms with Crippen molar-refractivity contribution in [2.75, 3.05) is 14.2 Å². The molecule has 0 bridgehead atoms. The second kappa shape index (κ2) is 30.3. The zero-order chi connectivity index (χ0) is 58.6. The van der Waals surface area contributed by atoms with Gasteiger partial charge in [0.2, 0.25) is 35.4 Å². The van der Waals surface area contributed by atoms with Crippen LogP contribution in [0.5, 0.6) is 0 Å².